The Morgan fingerprint density at radius 3 is 2.07 bits per heavy atom. The van der Waals surface area contributed by atoms with Crippen LogP contribution in [0.4, 0.5) is 0 Å². The Hall–Kier alpha value is 0.166. The van der Waals surface area contributed by atoms with Gasteiger partial charge in [0.05, 0.1) is 0 Å². The minimum absolute atomic E-state index is 0.306. The van der Waals surface area contributed by atoms with Crippen LogP contribution in [0.3, 0.4) is 0 Å². The van der Waals surface area contributed by atoms with Gasteiger partial charge in [-0.1, -0.05) is 58.4 Å². The van der Waals surface area contributed by atoms with E-state index >= 15 is 0 Å². The third-order valence-corrected chi connectivity index (χ3v) is 5.73. The Morgan fingerprint density at radius 1 is 0.800 bits per heavy atom. The first-order valence-corrected chi connectivity index (χ1v) is 10.1. The molecule has 0 aliphatic carbocycles. The fourth-order valence-corrected chi connectivity index (χ4v) is 4.22. The molecule has 0 atom stereocenters. The van der Waals surface area contributed by atoms with Gasteiger partial charge in [0.2, 0.25) is 0 Å². The molecule has 0 bridgehead atoms. The van der Waals surface area contributed by atoms with Crippen LogP contribution >= 0.6 is 28.8 Å². The third kappa shape index (κ3) is 2.64. The van der Waals surface area contributed by atoms with Crippen molar-refractivity contribution in [2.24, 2.45) is 0 Å². The topological polar surface area (TPSA) is 0 Å². The van der Waals surface area contributed by atoms with Gasteiger partial charge in [-0.3, -0.25) is 12.9 Å². The molecule has 3 heteroatoms. The summed E-state index contributed by atoms with van der Waals surface area (Å²) in [4.78, 5) is 0. The summed E-state index contributed by atoms with van der Waals surface area (Å²) in [5, 5.41) is 0. The van der Waals surface area contributed by atoms with Crippen molar-refractivity contribution in [2.45, 2.75) is 0 Å². The first kappa shape index (κ1) is 11.6. The van der Waals surface area contributed by atoms with Gasteiger partial charge in [0.1, 0.15) is 0 Å². The van der Waals surface area contributed by atoms with E-state index in [4.69, 9.17) is 0 Å². The second-order valence-electron chi connectivity index (χ2n) is 3.27. The van der Waals surface area contributed by atoms with Gasteiger partial charge in [0.25, 0.3) is 0 Å². The van der Waals surface area contributed by atoms with Crippen molar-refractivity contribution in [3.63, 3.8) is 0 Å². The maximum atomic E-state index is 3.65. The zero-order chi connectivity index (χ0) is 10.7. The molecular weight excluding hydrogens is 328 g/mol. The molecule has 0 N–H and O–H groups in total. The van der Waals surface area contributed by atoms with Gasteiger partial charge in [-0.25, -0.2) is 0 Å². The fourth-order valence-electron chi connectivity index (χ4n) is 1.58. The second-order valence-corrected chi connectivity index (χ2v) is 6.84. The minimum Gasteiger partial charge on any atom is -0.296 e. The molecule has 0 unspecified atom stereocenters. The zero-order valence-corrected chi connectivity index (χ0v) is 12.7. The van der Waals surface area contributed by atoms with Crippen molar-refractivity contribution in [1.29, 1.82) is 0 Å². The summed E-state index contributed by atoms with van der Waals surface area (Å²) in [5.74, 6) is 0. The van der Waals surface area contributed by atoms with Crippen molar-refractivity contribution >= 4 is 50.7 Å². The molecule has 0 saturated heterocycles. The van der Waals surface area contributed by atoms with Gasteiger partial charge in [-0.05, 0) is 17.2 Å². The van der Waals surface area contributed by atoms with Gasteiger partial charge in [-0.15, -0.1) is 3.69 Å². The van der Waals surface area contributed by atoms with Crippen molar-refractivity contribution in [3.05, 3.63) is 53.0 Å². The highest BCUT2D eigenvalue weighted by atomic mass is 79.9. The predicted molar refractivity (Wildman–Crippen MR) is 73.9 cm³/mol. The van der Waals surface area contributed by atoms with E-state index in [1.807, 2.05) is 6.07 Å². The SMILES string of the molecule is [Br][Mg][c]1ccccc1-c1ccccc1Br. The van der Waals surface area contributed by atoms with Crippen LogP contribution in [0, 0.1) is 0 Å². The summed E-state index contributed by atoms with van der Waals surface area (Å²) in [6.07, 6.45) is 0. The summed E-state index contributed by atoms with van der Waals surface area (Å²) in [7, 11) is 0. The standard InChI is InChI=1S/C12H8Br.BrH.Mg/c13-12-9-5-4-8-11(12)10-6-2-1-3-7-10;;/h1-6,8-9H;1H;/q;;+1/p-1. The Balaban J connectivity index is 2.59. The average Bonchev–Trinajstić information content (AvgIpc) is 2.30. The lowest BCUT2D eigenvalue weighted by Gasteiger charge is -2.09. The van der Waals surface area contributed by atoms with Crippen LogP contribution in [0.25, 0.3) is 11.1 Å². The molecule has 0 nitrogen and oxygen atoms in total. The van der Waals surface area contributed by atoms with E-state index < -0.39 is 0 Å². The molecule has 2 aromatic carbocycles. The fraction of sp³-hybridized carbons (Fsp3) is 0. The quantitative estimate of drug-likeness (QED) is 0.733. The lowest BCUT2D eigenvalue weighted by Crippen LogP contribution is -2.11. The molecular formula is C12H8Br2Mg. The summed E-state index contributed by atoms with van der Waals surface area (Å²) in [5.41, 5.74) is 2.62. The molecule has 2 aromatic rings. The number of hydrogen-bond acceptors (Lipinski definition) is 0. The lowest BCUT2D eigenvalue weighted by molar-refractivity contribution is 1.61. The van der Waals surface area contributed by atoms with E-state index in [0.29, 0.717) is 0 Å². The Morgan fingerprint density at radius 2 is 1.40 bits per heavy atom. The Kier molecular flexibility index (Phi) is 4.26. The number of rotatable bonds is 2. The Labute approximate surface area is 114 Å². The van der Waals surface area contributed by atoms with Crippen LogP contribution < -0.4 is 3.69 Å². The molecule has 0 spiro atoms. The van der Waals surface area contributed by atoms with E-state index in [0.717, 1.165) is 4.47 Å². The Bertz CT molecular complexity index is 469. The zero-order valence-electron chi connectivity index (χ0n) is 8.08. The second kappa shape index (κ2) is 5.48. The largest absolute Gasteiger partial charge is 0.507 e. The monoisotopic (exact) mass is 334 g/mol. The third-order valence-electron chi connectivity index (χ3n) is 2.33. The van der Waals surface area contributed by atoms with E-state index in [1.54, 1.807) is 0 Å². The molecule has 0 aliphatic rings. The maximum absolute atomic E-state index is 3.65. The number of benzene rings is 2. The van der Waals surface area contributed by atoms with Crippen LogP contribution in [0.2, 0.25) is 0 Å². The molecule has 2 rings (SSSR count). The summed E-state index contributed by atoms with van der Waals surface area (Å²) in [6.45, 7) is 0. The molecule has 72 valence electrons. The summed E-state index contributed by atoms with van der Waals surface area (Å²) in [6, 6.07) is 16.9. The van der Waals surface area contributed by atoms with Gasteiger partial charge in [-0.2, -0.15) is 0 Å². The molecule has 0 amide bonds. The van der Waals surface area contributed by atoms with Crippen LogP contribution in [0.15, 0.2) is 53.0 Å². The van der Waals surface area contributed by atoms with Crippen LogP contribution in [-0.2, 0) is 0 Å². The summed E-state index contributed by atoms with van der Waals surface area (Å²) >= 11 is 6.94. The highest BCUT2D eigenvalue weighted by Gasteiger charge is 2.07. The highest BCUT2D eigenvalue weighted by molar-refractivity contribution is 9.23. The van der Waals surface area contributed by atoms with E-state index in [2.05, 4.69) is 71.3 Å². The predicted octanol–water partition coefficient (Wildman–Crippen LogP) is 3.76. The van der Waals surface area contributed by atoms with Crippen molar-refractivity contribution in [1.82, 2.24) is 0 Å². The van der Waals surface area contributed by atoms with Crippen molar-refractivity contribution in [2.75, 3.05) is 0 Å². The average molecular weight is 336 g/mol. The van der Waals surface area contributed by atoms with Crippen molar-refractivity contribution in [3.8, 4) is 11.1 Å². The van der Waals surface area contributed by atoms with E-state index in [1.165, 1.54) is 14.8 Å². The molecule has 0 heterocycles. The van der Waals surface area contributed by atoms with Gasteiger partial charge in [0, 0.05) is 4.47 Å². The van der Waals surface area contributed by atoms with Crippen LogP contribution in [0.1, 0.15) is 0 Å². The van der Waals surface area contributed by atoms with Gasteiger partial charge in [0.15, 0.2) is 0 Å². The molecule has 0 saturated carbocycles. The number of halogens is 2. The summed E-state index contributed by atoms with van der Waals surface area (Å²) < 4.78 is 2.61. The van der Waals surface area contributed by atoms with Crippen LogP contribution in [0.5, 0.6) is 0 Å². The highest BCUT2D eigenvalue weighted by Crippen LogP contribution is 2.26. The first-order chi connectivity index (χ1) is 7.33. The lowest BCUT2D eigenvalue weighted by atomic mass is 10.1. The van der Waals surface area contributed by atoms with Crippen molar-refractivity contribution < 1.29 is 0 Å². The molecule has 0 fully saturated rings. The van der Waals surface area contributed by atoms with Crippen LogP contribution in [-0.4, -0.2) is 18.2 Å². The molecule has 15 heavy (non-hydrogen) atoms. The van der Waals surface area contributed by atoms with E-state index in [9.17, 15) is 0 Å². The minimum atomic E-state index is -0.306. The van der Waals surface area contributed by atoms with Gasteiger partial charge < -0.3 is 0 Å². The normalized spacial score (nSPS) is 9.73. The molecule has 0 aliphatic heterocycles. The molecule has 0 radical (unpaired) electrons. The van der Waals surface area contributed by atoms with Gasteiger partial charge >= 0.3 is 18.2 Å². The first-order valence-electron chi connectivity index (χ1n) is 4.71. The number of hydrogen-bond donors (Lipinski definition) is 0. The smallest absolute Gasteiger partial charge is 0.296 e. The van der Waals surface area contributed by atoms with E-state index in [-0.39, 0.29) is 18.2 Å². The maximum Gasteiger partial charge on any atom is 0.507 e. The molecule has 0 aromatic heterocycles.